The number of nitrogens with one attached hydrogen (secondary N) is 2. The van der Waals surface area contributed by atoms with Gasteiger partial charge in [0.2, 0.25) is 10.0 Å². The van der Waals surface area contributed by atoms with Gasteiger partial charge in [-0.3, -0.25) is 5.32 Å². The molecule has 0 fully saturated rings. The van der Waals surface area contributed by atoms with Crippen molar-refractivity contribution in [3.05, 3.63) is 71.5 Å². The second kappa shape index (κ2) is 7.85. The number of rotatable bonds is 5. The van der Waals surface area contributed by atoms with Crippen LogP contribution in [0.1, 0.15) is 16.7 Å². The van der Waals surface area contributed by atoms with Crippen molar-refractivity contribution < 1.29 is 13.2 Å². The fourth-order valence-electron chi connectivity index (χ4n) is 3.23. The van der Waals surface area contributed by atoms with E-state index in [0.29, 0.717) is 18.1 Å². The SMILES string of the molecule is Cc1ccc(S(=O)(=O)NCc2cccc(-c3ncnc4c3CN(C)C(=O)N4)c2)cc1. The molecule has 3 aromatic rings. The molecule has 8 nitrogen and oxygen atoms in total. The lowest BCUT2D eigenvalue weighted by atomic mass is 10.0. The summed E-state index contributed by atoms with van der Waals surface area (Å²) in [5, 5.41) is 2.75. The predicted molar refractivity (Wildman–Crippen MR) is 113 cm³/mol. The zero-order valence-electron chi connectivity index (χ0n) is 16.6. The van der Waals surface area contributed by atoms with Gasteiger partial charge in [0, 0.05) is 24.7 Å². The highest BCUT2D eigenvalue weighted by Crippen LogP contribution is 2.30. The average Bonchev–Trinajstić information content (AvgIpc) is 2.73. The minimum absolute atomic E-state index is 0.147. The number of aryl methyl sites for hydroxylation is 1. The molecular weight excluding hydrogens is 402 g/mol. The lowest BCUT2D eigenvalue weighted by molar-refractivity contribution is 0.218. The first-order chi connectivity index (χ1) is 14.3. The molecule has 1 aliphatic heterocycles. The van der Waals surface area contributed by atoms with Crippen molar-refractivity contribution in [1.82, 2.24) is 19.6 Å². The number of amides is 2. The quantitative estimate of drug-likeness (QED) is 0.657. The molecule has 0 aliphatic carbocycles. The molecule has 2 heterocycles. The molecule has 0 bridgehead atoms. The number of carbonyl (C=O) groups excluding carboxylic acids is 1. The first kappa shape index (κ1) is 20.0. The summed E-state index contributed by atoms with van der Waals surface area (Å²) in [5.41, 5.74) is 4.14. The van der Waals surface area contributed by atoms with Crippen molar-refractivity contribution in [2.75, 3.05) is 12.4 Å². The summed E-state index contributed by atoms with van der Waals surface area (Å²) < 4.78 is 27.7. The first-order valence-electron chi connectivity index (χ1n) is 9.35. The Labute approximate surface area is 175 Å². The highest BCUT2D eigenvalue weighted by Gasteiger charge is 2.24. The monoisotopic (exact) mass is 423 g/mol. The summed E-state index contributed by atoms with van der Waals surface area (Å²) in [6.45, 7) is 2.44. The number of urea groups is 1. The van der Waals surface area contributed by atoms with Crippen molar-refractivity contribution in [3.63, 3.8) is 0 Å². The van der Waals surface area contributed by atoms with Crippen molar-refractivity contribution in [2.24, 2.45) is 0 Å². The third-order valence-corrected chi connectivity index (χ3v) is 6.33. The maximum absolute atomic E-state index is 12.6. The lowest BCUT2D eigenvalue weighted by Crippen LogP contribution is -2.36. The predicted octanol–water partition coefficient (Wildman–Crippen LogP) is 2.91. The highest BCUT2D eigenvalue weighted by atomic mass is 32.2. The van der Waals surface area contributed by atoms with E-state index in [9.17, 15) is 13.2 Å². The molecule has 4 rings (SSSR count). The summed E-state index contributed by atoms with van der Waals surface area (Å²) in [5.74, 6) is 0.494. The van der Waals surface area contributed by atoms with Gasteiger partial charge in [-0.1, -0.05) is 35.9 Å². The van der Waals surface area contributed by atoms with Crippen molar-refractivity contribution in [2.45, 2.75) is 24.9 Å². The van der Waals surface area contributed by atoms with Gasteiger partial charge in [0.25, 0.3) is 0 Å². The normalized spacial score (nSPS) is 13.7. The lowest BCUT2D eigenvalue weighted by Gasteiger charge is -2.26. The Morgan fingerprint density at radius 1 is 1.13 bits per heavy atom. The van der Waals surface area contributed by atoms with Crippen molar-refractivity contribution in [1.29, 1.82) is 0 Å². The number of hydrogen-bond acceptors (Lipinski definition) is 5. The van der Waals surface area contributed by atoms with Crippen LogP contribution >= 0.6 is 0 Å². The Bertz CT molecular complexity index is 1210. The molecule has 2 aromatic carbocycles. The van der Waals surface area contributed by atoms with Gasteiger partial charge in [-0.05, 0) is 30.7 Å². The number of anilines is 1. The van der Waals surface area contributed by atoms with E-state index in [1.54, 1.807) is 36.2 Å². The molecule has 0 atom stereocenters. The van der Waals surface area contributed by atoms with Gasteiger partial charge in [-0.25, -0.2) is 27.9 Å². The van der Waals surface area contributed by atoms with E-state index in [4.69, 9.17) is 0 Å². The number of fused-ring (bicyclic) bond motifs is 1. The summed E-state index contributed by atoms with van der Waals surface area (Å²) in [7, 11) is -1.91. The largest absolute Gasteiger partial charge is 0.323 e. The van der Waals surface area contributed by atoms with Crippen LogP contribution in [-0.2, 0) is 23.1 Å². The van der Waals surface area contributed by atoms with Crippen LogP contribution in [0.4, 0.5) is 10.6 Å². The van der Waals surface area contributed by atoms with E-state index in [2.05, 4.69) is 20.0 Å². The van der Waals surface area contributed by atoms with Gasteiger partial charge >= 0.3 is 6.03 Å². The third kappa shape index (κ3) is 4.03. The van der Waals surface area contributed by atoms with Crippen LogP contribution in [-0.4, -0.2) is 36.4 Å². The molecule has 2 N–H and O–H groups in total. The van der Waals surface area contributed by atoms with E-state index in [-0.39, 0.29) is 17.5 Å². The van der Waals surface area contributed by atoms with Gasteiger partial charge in [0.15, 0.2) is 0 Å². The highest BCUT2D eigenvalue weighted by molar-refractivity contribution is 7.89. The second-order valence-corrected chi connectivity index (χ2v) is 8.94. The van der Waals surface area contributed by atoms with Crippen LogP contribution < -0.4 is 10.0 Å². The molecule has 30 heavy (non-hydrogen) atoms. The molecule has 0 unspecified atom stereocenters. The fourth-order valence-corrected chi connectivity index (χ4v) is 4.25. The standard InChI is InChI=1S/C21H21N5O3S/c1-14-6-8-17(9-7-14)30(28,29)24-11-15-4-3-5-16(10-15)19-18-12-26(2)21(27)25-20(18)23-13-22-19/h3-10,13,24H,11-12H2,1-2H3,(H,22,23,25,27). The number of sulfonamides is 1. The van der Waals surface area contributed by atoms with Gasteiger partial charge in [0.1, 0.15) is 12.1 Å². The van der Waals surface area contributed by atoms with Crippen LogP contribution in [0.5, 0.6) is 0 Å². The van der Waals surface area contributed by atoms with E-state index in [1.807, 2.05) is 31.2 Å². The van der Waals surface area contributed by atoms with Crippen molar-refractivity contribution in [3.8, 4) is 11.3 Å². The Hall–Kier alpha value is -3.30. The number of nitrogens with zero attached hydrogens (tertiary/aromatic N) is 3. The summed E-state index contributed by atoms with van der Waals surface area (Å²) in [6, 6.07) is 14.0. The minimum Gasteiger partial charge on any atom is -0.323 e. The first-order valence-corrected chi connectivity index (χ1v) is 10.8. The second-order valence-electron chi connectivity index (χ2n) is 7.17. The number of aromatic nitrogens is 2. The van der Waals surface area contributed by atoms with E-state index in [1.165, 1.54) is 6.33 Å². The average molecular weight is 423 g/mol. The van der Waals surface area contributed by atoms with Gasteiger partial charge < -0.3 is 4.90 Å². The van der Waals surface area contributed by atoms with E-state index < -0.39 is 10.0 Å². The van der Waals surface area contributed by atoms with Crippen LogP contribution in [0.25, 0.3) is 11.3 Å². The van der Waals surface area contributed by atoms with E-state index in [0.717, 1.165) is 22.3 Å². The van der Waals surface area contributed by atoms with E-state index >= 15 is 0 Å². The third-order valence-electron chi connectivity index (χ3n) is 4.91. The molecular formula is C21H21N5O3S. The number of benzene rings is 2. The molecule has 0 saturated heterocycles. The topological polar surface area (TPSA) is 104 Å². The molecule has 0 saturated carbocycles. The van der Waals surface area contributed by atoms with Gasteiger partial charge in [-0.15, -0.1) is 0 Å². The van der Waals surface area contributed by atoms with Crippen LogP contribution in [0.15, 0.2) is 59.8 Å². The molecule has 9 heteroatoms. The zero-order chi connectivity index (χ0) is 21.3. The maximum atomic E-state index is 12.6. The molecule has 2 amide bonds. The zero-order valence-corrected chi connectivity index (χ0v) is 17.4. The van der Waals surface area contributed by atoms with Crippen LogP contribution in [0.2, 0.25) is 0 Å². The smallest absolute Gasteiger partial charge is 0.323 e. The van der Waals surface area contributed by atoms with Crippen LogP contribution in [0, 0.1) is 6.92 Å². The summed E-state index contributed by atoms with van der Waals surface area (Å²) in [6.07, 6.45) is 1.41. The Kier molecular flexibility index (Phi) is 5.23. The van der Waals surface area contributed by atoms with Gasteiger partial charge in [0.05, 0.1) is 17.1 Å². The fraction of sp³-hybridized carbons (Fsp3) is 0.190. The maximum Gasteiger partial charge on any atom is 0.323 e. The Morgan fingerprint density at radius 2 is 1.90 bits per heavy atom. The van der Waals surface area contributed by atoms with Gasteiger partial charge in [-0.2, -0.15) is 0 Å². The molecule has 1 aliphatic rings. The molecule has 1 aromatic heterocycles. The summed E-state index contributed by atoms with van der Waals surface area (Å²) in [4.78, 5) is 22.2. The number of hydrogen-bond donors (Lipinski definition) is 2. The van der Waals surface area contributed by atoms with Crippen molar-refractivity contribution >= 4 is 21.9 Å². The Morgan fingerprint density at radius 3 is 2.67 bits per heavy atom. The molecule has 0 radical (unpaired) electrons. The Balaban J connectivity index is 1.58. The number of carbonyl (C=O) groups is 1. The summed E-state index contributed by atoms with van der Waals surface area (Å²) >= 11 is 0. The minimum atomic E-state index is -3.61. The van der Waals surface area contributed by atoms with Crippen LogP contribution in [0.3, 0.4) is 0 Å². The molecule has 154 valence electrons. The molecule has 0 spiro atoms.